The lowest BCUT2D eigenvalue weighted by molar-refractivity contribution is -0.143. The summed E-state index contributed by atoms with van der Waals surface area (Å²) in [5, 5.41) is 10.9. The van der Waals surface area contributed by atoms with Crippen LogP contribution < -0.4 is 4.74 Å². The van der Waals surface area contributed by atoms with E-state index in [0.717, 1.165) is 10.8 Å². The van der Waals surface area contributed by atoms with Gasteiger partial charge < -0.3 is 19.5 Å². The molecule has 1 amide bonds. The van der Waals surface area contributed by atoms with Crippen molar-refractivity contribution >= 4 is 22.6 Å². The summed E-state index contributed by atoms with van der Waals surface area (Å²) in [6.07, 6.45) is -0.204. The first-order chi connectivity index (χ1) is 13.0. The van der Waals surface area contributed by atoms with Crippen LogP contribution in [0.4, 0.5) is 0 Å². The second-order valence-electron chi connectivity index (χ2n) is 6.69. The zero-order valence-corrected chi connectivity index (χ0v) is 15.3. The average Bonchev–Trinajstić information content (AvgIpc) is 2.65. The van der Waals surface area contributed by atoms with Crippen LogP contribution in [-0.4, -0.2) is 79.3 Å². The number of ether oxygens (including phenoxy) is 2. The molecule has 2 aromatic rings. The highest BCUT2D eigenvalue weighted by Gasteiger charge is 2.25. The first kappa shape index (κ1) is 19.1. The number of amides is 1. The maximum atomic E-state index is 12.6. The number of nitrogens with zero attached hydrogens (tertiary/aromatic N) is 2. The van der Waals surface area contributed by atoms with Crippen molar-refractivity contribution < 1.29 is 24.2 Å². The highest BCUT2D eigenvalue weighted by atomic mass is 16.5. The van der Waals surface area contributed by atoms with Crippen molar-refractivity contribution in [2.45, 2.75) is 6.10 Å². The Balaban J connectivity index is 1.55. The molecular weight excluding hydrogens is 348 g/mol. The van der Waals surface area contributed by atoms with Crippen molar-refractivity contribution in [1.29, 1.82) is 0 Å². The summed E-state index contributed by atoms with van der Waals surface area (Å²) in [4.78, 5) is 26.7. The number of carboxylic acid groups (broad SMARTS) is 1. The topological polar surface area (TPSA) is 79.3 Å². The number of rotatable bonds is 7. The summed E-state index contributed by atoms with van der Waals surface area (Å²) in [5.41, 5.74) is 0. The molecule has 1 saturated heterocycles. The molecule has 1 aliphatic heterocycles. The van der Waals surface area contributed by atoms with Crippen LogP contribution in [-0.2, 0) is 14.3 Å². The number of benzene rings is 2. The van der Waals surface area contributed by atoms with Gasteiger partial charge in [-0.25, -0.2) is 0 Å². The number of carbonyl (C=O) groups is 2. The fourth-order valence-corrected chi connectivity index (χ4v) is 3.25. The van der Waals surface area contributed by atoms with Gasteiger partial charge in [-0.05, 0) is 18.5 Å². The number of carbonyl (C=O) groups excluding carboxylic acids is 1. The van der Waals surface area contributed by atoms with Crippen molar-refractivity contribution in [2.75, 3.05) is 46.4 Å². The van der Waals surface area contributed by atoms with Gasteiger partial charge in [0, 0.05) is 25.0 Å². The van der Waals surface area contributed by atoms with Crippen LogP contribution in [0.2, 0.25) is 0 Å². The molecule has 7 heteroatoms. The lowest BCUT2D eigenvalue weighted by Gasteiger charge is -2.34. The minimum absolute atomic E-state index is 0.0360. The number of aliphatic carboxylic acids is 1. The molecule has 7 nitrogen and oxygen atoms in total. The highest BCUT2D eigenvalue weighted by Crippen LogP contribution is 2.25. The Hall–Kier alpha value is -2.64. The predicted molar refractivity (Wildman–Crippen MR) is 101 cm³/mol. The Labute approximate surface area is 158 Å². The van der Waals surface area contributed by atoms with Crippen molar-refractivity contribution in [3.63, 3.8) is 0 Å². The summed E-state index contributed by atoms with van der Waals surface area (Å²) >= 11 is 0. The molecule has 0 spiro atoms. The van der Waals surface area contributed by atoms with Gasteiger partial charge in [0.1, 0.15) is 5.75 Å². The van der Waals surface area contributed by atoms with E-state index in [2.05, 4.69) is 0 Å². The fraction of sp³-hybridized carbons (Fsp3) is 0.400. The van der Waals surface area contributed by atoms with Crippen LogP contribution in [0, 0.1) is 0 Å². The summed E-state index contributed by atoms with van der Waals surface area (Å²) in [5.74, 6) is -0.297. The van der Waals surface area contributed by atoms with Gasteiger partial charge in [-0.15, -0.1) is 0 Å². The van der Waals surface area contributed by atoms with Crippen LogP contribution in [0.5, 0.6) is 5.75 Å². The van der Waals surface area contributed by atoms with Crippen LogP contribution >= 0.6 is 0 Å². The molecule has 3 rings (SSSR count). The molecule has 1 aliphatic rings. The van der Waals surface area contributed by atoms with Gasteiger partial charge in [0.05, 0.1) is 19.3 Å². The highest BCUT2D eigenvalue weighted by molar-refractivity contribution is 5.88. The fourth-order valence-electron chi connectivity index (χ4n) is 3.25. The van der Waals surface area contributed by atoms with Gasteiger partial charge in [-0.3, -0.25) is 14.5 Å². The van der Waals surface area contributed by atoms with Crippen molar-refractivity contribution in [1.82, 2.24) is 9.80 Å². The normalized spacial score (nSPS) is 17.3. The monoisotopic (exact) mass is 372 g/mol. The first-order valence-electron chi connectivity index (χ1n) is 8.93. The zero-order chi connectivity index (χ0) is 19.2. The molecule has 0 aromatic heterocycles. The van der Waals surface area contributed by atoms with Gasteiger partial charge in [0.25, 0.3) is 5.91 Å². The Morgan fingerprint density at radius 1 is 1.26 bits per heavy atom. The Morgan fingerprint density at radius 2 is 2.04 bits per heavy atom. The van der Waals surface area contributed by atoms with Crippen LogP contribution in [0.15, 0.2) is 42.5 Å². The number of morpholine rings is 1. The quantitative estimate of drug-likeness (QED) is 0.793. The smallest absolute Gasteiger partial charge is 0.317 e. The molecule has 1 fully saturated rings. The lowest BCUT2D eigenvalue weighted by Crippen LogP contribution is -2.50. The molecule has 0 saturated carbocycles. The molecule has 27 heavy (non-hydrogen) atoms. The second kappa shape index (κ2) is 8.83. The molecule has 0 bridgehead atoms. The summed E-state index contributed by atoms with van der Waals surface area (Å²) in [6.45, 7) is 1.74. The van der Waals surface area contributed by atoms with Gasteiger partial charge in [-0.1, -0.05) is 36.4 Å². The Morgan fingerprint density at radius 3 is 2.85 bits per heavy atom. The van der Waals surface area contributed by atoms with Crippen molar-refractivity contribution in [3.8, 4) is 5.75 Å². The maximum absolute atomic E-state index is 12.6. The first-order valence-corrected chi connectivity index (χ1v) is 8.93. The molecule has 0 radical (unpaired) electrons. The van der Waals surface area contributed by atoms with E-state index in [1.165, 1.54) is 0 Å². The van der Waals surface area contributed by atoms with Crippen LogP contribution in [0.25, 0.3) is 10.8 Å². The number of fused-ring (bicyclic) bond motifs is 1. The lowest BCUT2D eigenvalue weighted by atomic mass is 10.1. The third-order valence-corrected chi connectivity index (χ3v) is 4.51. The minimum Gasteiger partial charge on any atom is -0.483 e. The number of hydrogen-bond donors (Lipinski definition) is 1. The summed E-state index contributed by atoms with van der Waals surface area (Å²) in [6, 6.07) is 13.7. The van der Waals surface area contributed by atoms with Crippen LogP contribution in [0.3, 0.4) is 0 Å². The molecule has 1 unspecified atom stereocenters. The van der Waals surface area contributed by atoms with Crippen molar-refractivity contribution in [2.24, 2.45) is 0 Å². The number of likely N-dealkylation sites (N-methyl/N-ethyl adjacent to an activating group) is 1. The van der Waals surface area contributed by atoms with E-state index in [-0.39, 0.29) is 25.2 Å². The predicted octanol–water partition coefficient (Wildman–Crippen LogP) is 1.46. The zero-order valence-electron chi connectivity index (χ0n) is 15.3. The second-order valence-corrected chi connectivity index (χ2v) is 6.69. The van der Waals surface area contributed by atoms with Gasteiger partial charge in [-0.2, -0.15) is 0 Å². The molecule has 1 heterocycles. The molecule has 1 N–H and O–H groups in total. The van der Waals surface area contributed by atoms with Crippen molar-refractivity contribution in [3.05, 3.63) is 42.5 Å². The van der Waals surface area contributed by atoms with Crippen LogP contribution in [0.1, 0.15) is 0 Å². The third-order valence-electron chi connectivity index (χ3n) is 4.51. The van der Waals surface area contributed by atoms with Gasteiger partial charge >= 0.3 is 5.97 Å². The van der Waals surface area contributed by atoms with E-state index < -0.39 is 5.97 Å². The van der Waals surface area contributed by atoms with E-state index >= 15 is 0 Å². The molecule has 1 atom stereocenters. The Bertz CT molecular complexity index is 805. The summed E-state index contributed by atoms with van der Waals surface area (Å²) in [7, 11) is 1.72. The summed E-state index contributed by atoms with van der Waals surface area (Å²) < 4.78 is 11.4. The van der Waals surface area contributed by atoms with E-state index in [9.17, 15) is 9.59 Å². The van der Waals surface area contributed by atoms with E-state index in [1.54, 1.807) is 16.8 Å². The van der Waals surface area contributed by atoms with E-state index in [1.807, 2.05) is 42.5 Å². The van der Waals surface area contributed by atoms with Gasteiger partial charge in [0.15, 0.2) is 6.61 Å². The Kier molecular flexibility index (Phi) is 6.26. The maximum Gasteiger partial charge on any atom is 0.317 e. The minimum atomic E-state index is -0.885. The third kappa shape index (κ3) is 5.18. The molecule has 144 valence electrons. The van der Waals surface area contributed by atoms with E-state index in [4.69, 9.17) is 14.6 Å². The number of hydrogen-bond acceptors (Lipinski definition) is 5. The largest absolute Gasteiger partial charge is 0.483 e. The average molecular weight is 372 g/mol. The standard InChI is InChI=1S/C20H24N2O5/c1-21(13-20(24)25)11-16-12-22(9-10-26-16)19(23)14-27-18-8-4-6-15-5-2-3-7-17(15)18/h2-8,16H,9-14H2,1H3,(H,24,25). The number of carboxylic acids is 1. The molecule has 2 aromatic carbocycles. The van der Waals surface area contributed by atoms with Gasteiger partial charge in [0.2, 0.25) is 0 Å². The molecule has 0 aliphatic carbocycles. The molecular formula is C20H24N2O5. The van der Waals surface area contributed by atoms with E-state index in [0.29, 0.717) is 32.0 Å². The SMILES string of the molecule is CN(CC(=O)O)CC1CN(C(=O)COc2cccc3ccccc23)CCO1.